The molecule has 0 aliphatic rings. The predicted octanol–water partition coefficient (Wildman–Crippen LogP) is 0.893. The van der Waals surface area contributed by atoms with Gasteiger partial charge in [0, 0.05) is 18.4 Å². The molecule has 1 heterocycles. The highest BCUT2D eigenvalue weighted by Gasteiger charge is 2.21. The maximum atomic E-state index is 12.6. The first-order chi connectivity index (χ1) is 12.0. The molecule has 1 N–H and O–H groups in total. The van der Waals surface area contributed by atoms with Crippen LogP contribution in [0.3, 0.4) is 0 Å². The summed E-state index contributed by atoms with van der Waals surface area (Å²) in [6.45, 7) is -0.0612. The van der Waals surface area contributed by atoms with Gasteiger partial charge in [0.1, 0.15) is 15.9 Å². The number of sulfonamides is 1. The molecular formula is C16H14N3O4S2-. The molecule has 1 atom stereocenters. The molecule has 0 radical (unpaired) electrons. The number of aromatic nitrogens is 2. The third-order valence-corrected chi connectivity index (χ3v) is 5.74. The molecule has 9 heteroatoms. The molecule has 3 rings (SSSR count). The lowest BCUT2D eigenvalue weighted by Gasteiger charge is -2.18. The SMILES string of the molecule is O=C([O-])C[C@@H](CNS(=O)(=O)c1cccc2nsnc12)c1ccccc1. The van der Waals surface area contributed by atoms with Gasteiger partial charge in [0.05, 0.1) is 11.7 Å². The van der Waals surface area contributed by atoms with Gasteiger partial charge in [0.2, 0.25) is 10.0 Å². The predicted molar refractivity (Wildman–Crippen MR) is 91.4 cm³/mol. The van der Waals surface area contributed by atoms with Crippen LogP contribution in [0.4, 0.5) is 0 Å². The second-order valence-electron chi connectivity index (χ2n) is 5.42. The topological polar surface area (TPSA) is 112 Å². The maximum absolute atomic E-state index is 12.6. The van der Waals surface area contributed by atoms with E-state index >= 15 is 0 Å². The summed E-state index contributed by atoms with van der Waals surface area (Å²) in [6, 6.07) is 13.6. The van der Waals surface area contributed by atoms with Gasteiger partial charge in [-0.05, 0) is 24.1 Å². The van der Waals surface area contributed by atoms with E-state index in [-0.39, 0.29) is 17.9 Å². The summed E-state index contributed by atoms with van der Waals surface area (Å²) in [5.74, 6) is -1.77. The highest BCUT2D eigenvalue weighted by molar-refractivity contribution is 7.89. The van der Waals surface area contributed by atoms with Gasteiger partial charge in [-0.1, -0.05) is 36.4 Å². The van der Waals surface area contributed by atoms with Gasteiger partial charge in [-0.15, -0.1) is 0 Å². The van der Waals surface area contributed by atoms with Crippen molar-refractivity contribution in [3.05, 3.63) is 54.1 Å². The molecule has 3 aromatic rings. The smallest absolute Gasteiger partial charge is 0.242 e. The molecule has 0 spiro atoms. The lowest BCUT2D eigenvalue weighted by atomic mass is 9.96. The first-order valence-corrected chi connectivity index (χ1v) is 9.64. The van der Waals surface area contributed by atoms with E-state index in [0.29, 0.717) is 11.0 Å². The summed E-state index contributed by atoms with van der Waals surface area (Å²) in [5.41, 5.74) is 1.53. The third-order valence-electron chi connectivity index (χ3n) is 3.74. The van der Waals surface area contributed by atoms with Gasteiger partial charge in [-0.25, -0.2) is 13.1 Å². The standard InChI is InChI=1S/C16H15N3O4S2/c20-15(21)9-12(11-5-2-1-3-6-11)10-17-25(22,23)14-8-4-7-13-16(14)19-24-18-13/h1-8,12,17H,9-10H2,(H,20,21)/p-1/t12-/m0/s1. The van der Waals surface area contributed by atoms with E-state index in [1.165, 1.54) is 6.07 Å². The third kappa shape index (κ3) is 4.01. The van der Waals surface area contributed by atoms with Gasteiger partial charge in [-0.2, -0.15) is 8.75 Å². The van der Waals surface area contributed by atoms with E-state index in [0.717, 1.165) is 17.3 Å². The molecule has 7 nitrogen and oxygen atoms in total. The Balaban J connectivity index is 1.84. The van der Waals surface area contributed by atoms with Crippen molar-refractivity contribution < 1.29 is 18.3 Å². The van der Waals surface area contributed by atoms with Crippen LogP contribution in [0.15, 0.2) is 53.4 Å². The van der Waals surface area contributed by atoms with Crippen molar-refractivity contribution in [2.75, 3.05) is 6.54 Å². The fraction of sp³-hybridized carbons (Fsp3) is 0.188. The molecule has 0 aliphatic carbocycles. The number of fused-ring (bicyclic) bond motifs is 1. The van der Waals surface area contributed by atoms with Gasteiger partial charge in [0.25, 0.3) is 0 Å². The molecule has 0 fully saturated rings. The second-order valence-corrected chi connectivity index (χ2v) is 7.69. The molecule has 0 saturated carbocycles. The number of nitrogens with zero attached hydrogens (tertiary/aromatic N) is 2. The number of benzene rings is 2. The van der Waals surface area contributed by atoms with E-state index < -0.39 is 21.9 Å². The number of carboxylic acid groups (broad SMARTS) is 1. The van der Waals surface area contributed by atoms with Crippen molar-refractivity contribution in [2.24, 2.45) is 0 Å². The number of carbonyl (C=O) groups is 1. The monoisotopic (exact) mass is 376 g/mol. The largest absolute Gasteiger partial charge is 0.550 e. The van der Waals surface area contributed by atoms with Gasteiger partial charge < -0.3 is 9.90 Å². The average Bonchev–Trinajstić information content (AvgIpc) is 3.07. The fourth-order valence-corrected chi connectivity index (χ4v) is 4.37. The van der Waals surface area contributed by atoms with Crippen LogP contribution >= 0.6 is 11.7 Å². The Labute approximate surface area is 148 Å². The first-order valence-electron chi connectivity index (χ1n) is 7.43. The Morgan fingerprint density at radius 1 is 1.12 bits per heavy atom. The van der Waals surface area contributed by atoms with Gasteiger partial charge in [-0.3, -0.25) is 0 Å². The van der Waals surface area contributed by atoms with E-state index in [4.69, 9.17) is 0 Å². The molecule has 0 amide bonds. The van der Waals surface area contributed by atoms with Crippen molar-refractivity contribution in [3.63, 3.8) is 0 Å². The minimum atomic E-state index is -3.85. The number of carboxylic acids is 1. The number of aliphatic carboxylic acids is 1. The Morgan fingerprint density at radius 3 is 2.60 bits per heavy atom. The van der Waals surface area contributed by atoms with Crippen molar-refractivity contribution in [3.8, 4) is 0 Å². The summed E-state index contributed by atoms with van der Waals surface area (Å²) < 4.78 is 35.8. The van der Waals surface area contributed by atoms with Crippen LogP contribution in [0, 0.1) is 0 Å². The normalized spacial score (nSPS) is 13.0. The van der Waals surface area contributed by atoms with Crippen molar-refractivity contribution in [2.45, 2.75) is 17.2 Å². The molecule has 0 unspecified atom stereocenters. The Kier molecular flexibility index (Phi) is 5.07. The summed E-state index contributed by atoms with van der Waals surface area (Å²) >= 11 is 0.935. The van der Waals surface area contributed by atoms with Crippen LogP contribution in [0.25, 0.3) is 11.0 Å². The van der Waals surface area contributed by atoms with E-state index in [9.17, 15) is 18.3 Å². The number of hydrogen-bond acceptors (Lipinski definition) is 7. The zero-order chi connectivity index (χ0) is 17.9. The van der Waals surface area contributed by atoms with E-state index in [2.05, 4.69) is 13.5 Å². The molecule has 2 aromatic carbocycles. The molecule has 130 valence electrons. The lowest BCUT2D eigenvalue weighted by Crippen LogP contribution is -2.32. The van der Waals surface area contributed by atoms with Crippen LogP contribution in [-0.2, 0) is 14.8 Å². The molecule has 1 aromatic heterocycles. The number of rotatable bonds is 7. The average molecular weight is 376 g/mol. The highest BCUT2D eigenvalue weighted by Crippen LogP contribution is 2.23. The van der Waals surface area contributed by atoms with Crippen LogP contribution < -0.4 is 9.83 Å². The molecule has 25 heavy (non-hydrogen) atoms. The molecule has 0 saturated heterocycles. The summed E-state index contributed by atoms with van der Waals surface area (Å²) in [5, 5.41) is 11.0. The van der Waals surface area contributed by atoms with Gasteiger partial charge >= 0.3 is 0 Å². The summed E-state index contributed by atoms with van der Waals surface area (Å²) in [7, 11) is -3.85. The maximum Gasteiger partial charge on any atom is 0.242 e. The van der Waals surface area contributed by atoms with Crippen LogP contribution in [-0.4, -0.2) is 29.7 Å². The second kappa shape index (κ2) is 7.26. The minimum absolute atomic E-state index is 0.0269. The van der Waals surface area contributed by atoms with Crippen LogP contribution in [0.5, 0.6) is 0 Å². The fourth-order valence-electron chi connectivity index (χ4n) is 2.52. The zero-order valence-electron chi connectivity index (χ0n) is 13.0. The molecule has 0 bridgehead atoms. The van der Waals surface area contributed by atoms with Crippen LogP contribution in [0.1, 0.15) is 17.9 Å². The first kappa shape index (κ1) is 17.5. The lowest BCUT2D eigenvalue weighted by molar-refractivity contribution is -0.306. The van der Waals surface area contributed by atoms with Crippen molar-refractivity contribution >= 4 is 38.8 Å². The summed E-state index contributed by atoms with van der Waals surface area (Å²) in [6.07, 6.45) is -0.283. The highest BCUT2D eigenvalue weighted by atomic mass is 32.2. The Hall–Kier alpha value is -2.36. The number of carbonyl (C=O) groups excluding carboxylic acids is 1. The minimum Gasteiger partial charge on any atom is -0.550 e. The quantitative estimate of drug-likeness (QED) is 0.655. The number of hydrogen-bond donors (Lipinski definition) is 1. The summed E-state index contributed by atoms with van der Waals surface area (Å²) in [4.78, 5) is 11.0. The van der Waals surface area contributed by atoms with Gasteiger partial charge in [0.15, 0.2) is 0 Å². The van der Waals surface area contributed by atoms with Crippen molar-refractivity contribution in [1.29, 1.82) is 0 Å². The Bertz CT molecular complexity index is 987. The number of nitrogens with one attached hydrogen (secondary N) is 1. The molecule has 0 aliphatic heterocycles. The van der Waals surface area contributed by atoms with E-state index in [1.54, 1.807) is 42.5 Å². The van der Waals surface area contributed by atoms with Crippen molar-refractivity contribution in [1.82, 2.24) is 13.5 Å². The van der Waals surface area contributed by atoms with E-state index in [1.807, 2.05) is 0 Å². The molecular weight excluding hydrogens is 362 g/mol. The Morgan fingerprint density at radius 2 is 1.88 bits per heavy atom. The zero-order valence-corrected chi connectivity index (χ0v) is 14.6. The van der Waals surface area contributed by atoms with Crippen LogP contribution in [0.2, 0.25) is 0 Å².